The number of nitrogens with one attached hydrogen (secondary N) is 1. The van der Waals surface area contributed by atoms with E-state index in [1.54, 1.807) is 23.1 Å². The van der Waals surface area contributed by atoms with Gasteiger partial charge < -0.3 is 10.2 Å². The van der Waals surface area contributed by atoms with Gasteiger partial charge in [0.15, 0.2) is 0 Å². The average molecular weight is 312 g/mol. The van der Waals surface area contributed by atoms with Gasteiger partial charge in [0.05, 0.1) is 12.8 Å². The third kappa shape index (κ3) is 3.23. The number of benzene rings is 2. The topological polar surface area (TPSA) is 49.4 Å². The van der Waals surface area contributed by atoms with Crippen LogP contribution in [0.15, 0.2) is 42.5 Å². The molecule has 0 saturated carbocycles. The van der Waals surface area contributed by atoms with Gasteiger partial charge in [0.2, 0.25) is 11.8 Å². The molecule has 0 spiro atoms. The van der Waals surface area contributed by atoms with E-state index in [9.17, 15) is 14.0 Å². The van der Waals surface area contributed by atoms with E-state index >= 15 is 0 Å². The van der Waals surface area contributed by atoms with Crippen LogP contribution in [0.2, 0.25) is 0 Å². The molecule has 118 valence electrons. The molecule has 1 aliphatic heterocycles. The molecule has 1 aliphatic rings. The number of nitrogens with zero attached hydrogens (tertiary/aromatic N) is 1. The number of hydrogen-bond donors (Lipinski definition) is 1. The van der Waals surface area contributed by atoms with Crippen LogP contribution in [0.4, 0.5) is 15.8 Å². The van der Waals surface area contributed by atoms with Gasteiger partial charge in [-0.05, 0) is 48.4 Å². The second-order valence-electron chi connectivity index (χ2n) is 5.51. The van der Waals surface area contributed by atoms with Gasteiger partial charge in [-0.2, -0.15) is 0 Å². The van der Waals surface area contributed by atoms with Gasteiger partial charge in [0, 0.05) is 17.9 Å². The smallest absolute Gasteiger partial charge is 0.231 e. The van der Waals surface area contributed by atoms with E-state index in [2.05, 4.69) is 5.32 Å². The lowest BCUT2D eigenvalue weighted by molar-refractivity contribution is -0.117. The molecule has 3 rings (SSSR count). The standard InChI is InChI=1S/C18H17FN2O2/c1-2-21-16-8-7-15(10-13(16)11-18(21)23)20-17(22)9-12-3-5-14(19)6-4-12/h3-8,10H,2,9,11H2,1H3,(H,20,22). The summed E-state index contributed by atoms with van der Waals surface area (Å²) >= 11 is 0. The molecular formula is C18H17FN2O2. The Kier molecular flexibility index (Phi) is 4.10. The Morgan fingerprint density at radius 2 is 1.96 bits per heavy atom. The summed E-state index contributed by atoms with van der Waals surface area (Å²) in [7, 11) is 0. The number of hydrogen-bond acceptors (Lipinski definition) is 2. The quantitative estimate of drug-likeness (QED) is 0.943. The first kappa shape index (κ1) is 15.2. The molecule has 2 aromatic carbocycles. The number of likely N-dealkylation sites (N-methyl/N-ethyl adjacent to an activating group) is 1. The maximum absolute atomic E-state index is 12.9. The third-order valence-corrected chi connectivity index (χ3v) is 3.89. The average Bonchev–Trinajstić information content (AvgIpc) is 2.83. The summed E-state index contributed by atoms with van der Waals surface area (Å²) in [5, 5.41) is 2.82. The predicted molar refractivity (Wildman–Crippen MR) is 86.9 cm³/mol. The highest BCUT2D eigenvalue weighted by atomic mass is 19.1. The third-order valence-electron chi connectivity index (χ3n) is 3.89. The van der Waals surface area contributed by atoms with Gasteiger partial charge in [-0.15, -0.1) is 0 Å². The molecule has 0 radical (unpaired) electrons. The first-order valence-corrected chi connectivity index (χ1v) is 7.54. The Balaban J connectivity index is 1.69. The van der Waals surface area contributed by atoms with Crippen LogP contribution in [-0.4, -0.2) is 18.4 Å². The number of anilines is 2. The highest BCUT2D eigenvalue weighted by Gasteiger charge is 2.25. The highest BCUT2D eigenvalue weighted by molar-refractivity contribution is 6.02. The maximum atomic E-state index is 12.9. The highest BCUT2D eigenvalue weighted by Crippen LogP contribution is 2.30. The van der Waals surface area contributed by atoms with E-state index in [-0.39, 0.29) is 24.1 Å². The summed E-state index contributed by atoms with van der Waals surface area (Å²) in [4.78, 5) is 25.7. The molecule has 0 unspecified atom stereocenters. The van der Waals surface area contributed by atoms with Gasteiger partial charge >= 0.3 is 0 Å². The molecule has 0 fully saturated rings. The molecule has 0 saturated heterocycles. The van der Waals surface area contributed by atoms with Gasteiger partial charge in [-0.3, -0.25) is 9.59 Å². The Labute approximate surface area is 133 Å². The van der Waals surface area contributed by atoms with E-state index in [1.807, 2.05) is 19.1 Å². The van der Waals surface area contributed by atoms with Crippen molar-refractivity contribution in [2.24, 2.45) is 0 Å². The van der Waals surface area contributed by atoms with Crippen molar-refractivity contribution in [1.29, 1.82) is 0 Å². The lowest BCUT2D eigenvalue weighted by Gasteiger charge is -2.15. The molecule has 1 heterocycles. The number of amides is 2. The second-order valence-corrected chi connectivity index (χ2v) is 5.51. The largest absolute Gasteiger partial charge is 0.326 e. The Morgan fingerprint density at radius 1 is 1.22 bits per heavy atom. The minimum atomic E-state index is -0.321. The number of carbonyl (C=O) groups is 2. The zero-order chi connectivity index (χ0) is 16.4. The summed E-state index contributed by atoms with van der Waals surface area (Å²) in [6, 6.07) is 11.3. The van der Waals surface area contributed by atoms with Gasteiger partial charge in [-0.25, -0.2) is 4.39 Å². The predicted octanol–water partition coefficient (Wildman–Crippen LogP) is 2.92. The maximum Gasteiger partial charge on any atom is 0.231 e. The zero-order valence-corrected chi connectivity index (χ0v) is 12.8. The van der Waals surface area contributed by atoms with Crippen LogP contribution in [0, 0.1) is 5.82 Å². The molecule has 5 heteroatoms. The Morgan fingerprint density at radius 3 is 2.65 bits per heavy atom. The molecular weight excluding hydrogens is 295 g/mol. The van der Waals surface area contributed by atoms with Crippen molar-refractivity contribution in [3.8, 4) is 0 Å². The number of fused-ring (bicyclic) bond motifs is 1. The van der Waals surface area contributed by atoms with Crippen LogP contribution in [-0.2, 0) is 22.4 Å². The SMILES string of the molecule is CCN1C(=O)Cc2cc(NC(=O)Cc3ccc(F)cc3)ccc21. The molecule has 1 N–H and O–H groups in total. The molecule has 0 aromatic heterocycles. The van der Waals surface area contributed by atoms with Crippen LogP contribution in [0.25, 0.3) is 0 Å². The zero-order valence-electron chi connectivity index (χ0n) is 12.8. The van der Waals surface area contributed by atoms with Gasteiger partial charge in [0.1, 0.15) is 5.82 Å². The van der Waals surface area contributed by atoms with E-state index < -0.39 is 0 Å². The molecule has 2 aromatic rings. The van der Waals surface area contributed by atoms with Crippen molar-refractivity contribution in [2.45, 2.75) is 19.8 Å². The van der Waals surface area contributed by atoms with Crippen molar-refractivity contribution >= 4 is 23.2 Å². The summed E-state index contributed by atoms with van der Waals surface area (Å²) in [5.74, 6) is -0.413. The number of carbonyl (C=O) groups excluding carboxylic acids is 2. The van der Waals surface area contributed by atoms with Gasteiger partial charge in [0.25, 0.3) is 0 Å². The monoisotopic (exact) mass is 312 g/mol. The van der Waals surface area contributed by atoms with Crippen molar-refractivity contribution in [3.05, 3.63) is 59.4 Å². The van der Waals surface area contributed by atoms with E-state index in [0.717, 1.165) is 16.8 Å². The minimum absolute atomic E-state index is 0.0808. The Bertz CT molecular complexity index is 756. The second kappa shape index (κ2) is 6.20. The summed E-state index contributed by atoms with van der Waals surface area (Å²) < 4.78 is 12.9. The van der Waals surface area contributed by atoms with Crippen molar-refractivity contribution < 1.29 is 14.0 Å². The van der Waals surface area contributed by atoms with Crippen LogP contribution in [0.1, 0.15) is 18.1 Å². The lowest BCUT2D eigenvalue weighted by atomic mass is 10.1. The van der Waals surface area contributed by atoms with Crippen molar-refractivity contribution in [1.82, 2.24) is 0 Å². The number of halogens is 1. The van der Waals surface area contributed by atoms with Crippen LogP contribution < -0.4 is 10.2 Å². The summed E-state index contributed by atoms with van der Waals surface area (Å²) in [6.07, 6.45) is 0.544. The van der Waals surface area contributed by atoms with Gasteiger partial charge in [-0.1, -0.05) is 12.1 Å². The fourth-order valence-electron chi connectivity index (χ4n) is 2.80. The van der Waals surface area contributed by atoms with Crippen molar-refractivity contribution in [3.63, 3.8) is 0 Å². The first-order chi connectivity index (χ1) is 11.1. The normalized spacial score (nSPS) is 13.1. The van der Waals surface area contributed by atoms with E-state index in [4.69, 9.17) is 0 Å². The first-order valence-electron chi connectivity index (χ1n) is 7.54. The number of rotatable bonds is 4. The van der Waals surface area contributed by atoms with Crippen LogP contribution >= 0.6 is 0 Å². The fraction of sp³-hybridized carbons (Fsp3) is 0.222. The summed E-state index contributed by atoms with van der Waals surface area (Å²) in [5.41, 5.74) is 3.25. The van der Waals surface area contributed by atoms with E-state index in [1.165, 1.54) is 12.1 Å². The molecule has 0 bridgehead atoms. The molecule has 0 aliphatic carbocycles. The molecule has 4 nitrogen and oxygen atoms in total. The Hall–Kier alpha value is -2.69. The molecule has 0 atom stereocenters. The van der Waals surface area contributed by atoms with Crippen molar-refractivity contribution in [2.75, 3.05) is 16.8 Å². The summed E-state index contributed by atoms with van der Waals surface area (Å²) in [6.45, 7) is 2.58. The molecule has 23 heavy (non-hydrogen) atoms. The van der Waals surface area contributed by atoms with Crippen LogP contribution in [0.5, 0.6) is 0 Å². The van der Waals surface area contributed by atoms with E-state index in [0.29, 0.717) is 18.7 Å². The van der Waals surface area contributed by atoms with Crippen LogP contribution in [0.3, 0.4) is 0 Å². The minimum Gasteiger partial charge on any atom is -0.326 e. The fourth-order valence-corrected chi connectivity index (χ4v) is 2.80. The lowest BCUT2D eigenvalue weighted by Crippen LogP contribution is -2.25. The molecule has 2 amide bonds.